The van der Waals surface area contributed by atoms with Gasteiger partial charge in [-0.1, -0.05) is 11.6 Å². The number of hydrogen-bond donors (Lipinski definition) is 0. The van der Waals surface area contributed by atoms with Crippen molar-refractivity contribution >= 4 is 7.37 Å². The van der Waals surface area contributed by atoms with Gasteiger partial charge in [-0.15, -0.1) is 0 Å². The Hall–Kier alpha value is -0.0700. The third kappa shape index (κ3) is 5.23. The fraction of sp³-hybridized carbons (Fsp3) is 0.750. The normalized spacial score (nSPS) is 18.0. The van der Waals surface area contributed by atoms with E-state index >= 15 is 0 Å². The highest BCUT2D eigenvalue weighted by Gasteiger charge is 2.14. The Bertz CT molecular complexity index is 185. The highest BCUT2D eigenvalue weighted by Crippen LogP contribution is 2.43. The molecule has 0 saturated carbocycles. The van der Waals surface area contributed by atoms with Crippen LogP contribution in [0.4, 0.5) is 0 Å². The van der Waals surface area contributed by atoms with E-state index in [0.29, 0.717) is 12.8 Å². The molecule has 0 radical (unpaired) electrons. The van der Waals surface area contributed by atoms with Crippen LogP contribution in [0, 0.1) is 0 Å². The SMILES string of the molecule is C/C=C(\C)CP(C)(=O)OCC. The number of hydrogen-bond acceptors (Lipinski definition) is 2. The molecule has 0 aliphatic rings. The molecule has 2 nitrogen and oxygen atoms in total. The predicted molar refractivity (Wildman–Crippen MR) is 49.5 cm³/mol. The van der Waals surface area contributed by atoms with Crippen molar-refractivity contribution in [2.75, 3.05) is 19.4 Å². The highest BCUT2D eigenvalue weighted by atomic mass is 31.2. The molecule has 0 N–H and O–H groups in total. The van der Waals surface area contributed by atoms with Gasteiger partial charge in [0.25, 0.3) is 0 Å². The molecular formula is C8H17O2P. The van der Waals surface area contributed by atoms with Crippen molar-refractivity contribution in [3.63, 3.8) is 0 Å². The molecule has 0 fully saturated rings. The first-order valence-electron chi connectivity index (χ1n) is 3.84. The van der Waals surface area contributed by atoms with Gasteiger partial charge in [-0.2, -0.15) is 0 Å². The van der Waals surface area contributed by atoms with Gasteiger partial charge in [0.1, 0.15) is 0 Å². The van der Waals surface area contributed by atoms with Gasteiger partial charge in [0, 0.05) is 12.8 Å². The second-order valence-corrected chi connectivity index (χ2v) is 5.33. The van der Waals surface area contributed by atoms with Crippen molar-refractivity contribution in [2.45, 2.75) is 20.8 Å². The minimum Gasteiger partial charge on any atom is -0.329 e. The van der Waals surface area contributed by atoms with Gasteiger partial charge in [0.15, 0.2) is 0 Å². The van der Waals surface area contributed by atoms with E-state index in [9.17, 15) is 4.57 Å². The number of rotatable bonds is 4. The lowest BCUT2D eigenvalue weighted by Crippen LogP contribution is -1.94. The van der Waals surface area contributed by atoms with Gasteiger partial charge in [-0.25, -0.2) is 0 Å². The van der Waals surface area contributed by atoms with Crippen molar-refractivity contribution in [2.24, 2.45) is 0 Å². The topological polar surface area (TPSA) is 26.3 Å². The molecule has 0 spiro atoms. The zero-order valence-corrected chi connectivity index (χ0v) is 8.65. The van der Waals surface area contributed by atoms with E-state index in [4.69, 9.17) is 4.52 Å². The quantitative estimate of drug-likeness (QED) is 0.486. The lowest BCUT2D eigenvalue weighted by atomic mass is 10.3. The Morgan fingerprint density at radius 2 is 2.18 bits per heavy atom. The summed E-state index contributed by atoms with van der Waals surface area (Å²) in [5.74, 6) is 0. The summed E-state index contributed by atoms with van der Waals surface area (Å²) in [6.45, 7) is 7.99. The maximum Gasteiger partial charge on any atom is 0.204 e. The zero-order valence-electron chi connectivity index (χ0n) is 7.76. The second kappa shape index (κ2) is 4.74. The molecule has 0 rings (SSSR count). The molecule has 0 amide bonds. The third-order valence-electron chi connectivity index (χ3n) is 1.43. The van der Waals surface area contributed by atoms with Gasteiger partial charge in [-0.3, -0.25) is 4.57 Å². The van der Waals surface area contributed by atoms with Crippen LogP contribution in [-0.4, -0.2) is 19.4 Å². The average molecular weight is 176 g/mol. The van der Waals surface area contributed by atoms with Crippen LogP contribution in [0.3, 0.4) is 0 Å². The Balaban J connectivity index is 4.02. The lowest BCUT2D eigenvalue weighted by molar-refractivity contribution is 0.339. The lowest BCUT2D eigenvalue weighted by Gasteiger charge is -2.11. The molecule has 11 heavy (non-hydrogen) atoms. The Labute approximate surface area is 69.1 Å². The summed E-state index contributed by atoms with van der Waals surface area (Å²) >= 11 is 0. The molecule has 3 heteroatoms. The van der Waals surface area contributed by atoms with Crippen molar-refractivity contribution in [3.05, 3.63) is 11.6 Å². The second-order valence-electron chi connectivity index (χ2n) is 2.73. The Morgan fingerprint density at radius 1 is 1.64 bits per heavy atom. The molecule has 0 saturated heterocycles. The molecule has 1 atom stereocenters. The van der Waals surface area contributed by atoms with Gasteiger partial charge in [0.2, 0.25) is 7.37 Å². The fourth-order valence-corrected chi connectivity index (χ4v) is 2.59. The van der Waals surface area contributed by atoms with Crippen LogP contribution < -0.4 is 0 Å². The Kier molecular flexibility index (Phi) is 4.71. The molecule has 0 aromatic carbocycles. The molecule has 0 bridgehead atoms. The largest absolute Gasteiger partial charge is 0.329 e. The average Bonchev–Trinajstić information content (AvgIpc) is 1.86. The maximum atomic E-state index is 11.5. The van der Waals surface area contributed by atoms with E-state index in [1.54, 1.807) is 6.66 Å². The fourth-order valence-electron chi connectivity index (χ4n) is 0.863. The molecule has 1 unspecified atom stereocenters. The summed E-state index contributed by atoms with van der Waals surface area (Å²) in [7, 11) is -2.33. The van der Waals surface area contributed by atoms with Gasteiger partial charge in [-0.05, 0) is 20.8 Å². The molecule has 0 aliphatic heterocycles. The molecule has 0 aromatic heterocycles. The molecule has 66 valence electrons. The number of allylic oxidation sites excluding steroid dienone is 2. The van der Waals surface area contributed by atoms with Crippen molar-refractivity contribution in [3.8, 4) is 0 Å². The molecule has 0 aliphatic carbocycles. The van der Waals surface area contributed by atoms with E-state index in [-0.39, 0.29) is 0 Å². The van der Waals surface area contributed by atoms with Crippen LogP contribution in [-0.2, 0) is 9.09 Å². The van der Waals surface area contributed by atoms with Crippen LogP contribution in [0.1, 0.15) is 20.8 Å². The van der Waals surface area contributed by atoms with Gasteiger partial charge < -0.3 is 4.52 Å². The standard InChI is InChI=1S/C8H17O2P/c1-5-8(3)7-11(4,9)10-6-2/h5H,6-7H2,1-4H3/b8-5+. The summed E-state index contributed by atoms with van der Waals surface area (Å²) < 4.78 is 16.6. The molecular weight excluding hydrogens is 159 g/mol. The van der Waals surface area contributed by atoms with E-state index in [0.717, 1.165) is 5.57 Å². The maximum absolute atomic E-state index is 11.5. The summed E-state index contributed by atoms with van der Waals surface area (Å²) in [6, 6.07) is 0. The summed E-state index contributed by atoms with van der Waals surface area (Å²) in [6.07, 6.45) is 2.55. The summed E-state index contributed by atoms with van der Waals surface area (Å²) in [5.41, 5.74) is 1.13. The van der Waals surface area contributed by atoms with E-state index < -0.39 is 7.37 Å². The van der Waals surface area contributed by atoms with Crippen molar-refractivity contribution in [1.82, 2.24) is 0 Å². The van der Waals surface area contributed by atoms with Crippen LogP contribution >= 0.6 is 7.37 Å². The molecule has 0 aromatic rings. The van der Waals surface area contributed by atoms with E-state index in [2.05, 4.69) is 0 Å². The first kappa shape index (κ1) is 10.9. The monoisotopic (exact) mass is 176 g/mol. The smallest absolute Gasteiger partial charge is 0.204 e. The zero-order chi connectivity index (χ0) is 8.91. The van der Waals surface area contributed by atoms with Crippen molar-refractivity contribution < 1.29 is 9.09 Å². The highest BCUT2D eigenvalue weighted by molar-refractivity contribution is 7.58. The van der Waals surface area contributed by atoms with Gasteiger partial charge in [0.05, 0.1) is 6.61 Å². The summed E-state index contributed by atoms with van der Waals surface area (Å²) in [4.78, 5) is 0. The van der Waals surface area contributed by atoms with Crippen LogP contribution in [0.15, 0.2) is 11.6 Å². The van der Waals surface area contributed by atoms with Crippen LogP contribution in [0.2, 0.25) is 0 Å². The third-order valence-corrected chi connectivity index (χ3v) is 3.31. The van der Waals surface area contributed by atoms with Gasteiger partial charge >= 0.3 is 0 Å². The van der Waals surface area contributed by atoms with Crippen LogP contribution in [0.5, 0.6) is 0 Å². The van der Waals surface area contributed by atoms with Crippen molar-refractivity contribution in [1.29, 1.82) is 0 Å². The van der Waals surface area contributed by atoms with E-state index in [1.165, 1.54) is 0 Å². The first-order chi connectivity index (χ1) is 5.02. The minimum absolute atomic E-state index is 0.533. The Morgan fingerprint density at radius 3 is 2.55 bits per heavy atom. The summed E-state index contributed by atoms with van der Waals surface area (Å²) in [5, 5.41) is 0. The predicted octanol–water partition coefficient (Wildman–Crippen LogP) is 2.90. The minimum atomic E-state index is -2.33. The van der Waals surface area contributed by atoms with Crippen LogP contribution in [0.25, 0.3) is 0 Å². The van der Waals surface area contributed by atoms with E-state index in [1.807, 2.05) is 26.8 Å². The first-order valence-corrected chi connectivity index (χ1v) is 6.10. The molecule has 0 heterocycles.